The predicted molar refractivity (Wildman–Crippen MR) is 432 cm³/mol. The fraction of sp³-hybridized carbons (Fsp3) is 0.953. The minimum absolute atomic E-state index is 0.109. The van der Waals surface area contributed by atoms with E-state index in [9.17, 15) is 43.2 Å². The van der Waals surface area contributed by atoms with E-state index in [1.807, 2.05) is 0 Å². The third kappa shape index (κ3) is 78.5. The summed E-state index contributed by atoms with van der Waals surface area (Å²) in [4.78, 5) is 73.1. The van der Waals surface area contributed by atoms with Crippen LogP contribution in [0.2, 0.25) is 0 Å². The van der Waals surface area contributed by atoms with Gasteiger partial charge in [-0.15, -0.1) is 0 Å². The molecule has 0 heterocycles. The second-order valence-corrected chi connectivity index (χ2v) is 34.1. The second kappa shape index (κ2) is 78.7. The second-order valence-electron chi connectivity index (χ2n) is 31.2. The van der Waals surface area contributed by atoms with E-state index in [1.54, 1.807) is 0 Å². The summed E-state index contributed by atoms with van der Waals surface area (Å²) in [6, 6.07) is 0. The van der Waals surface area contributed by atoms with Gasteiger partial charge >= 0.3 is 39.5 Å². The lowest BCUT2D eigenvalue weighted by molar-refractivity contribution is -0.161. The molecule has 624 valence electrons. The van der Waals surface area contributed by atoms with Crippen LogP contribution in [0, 0.1) is 5.92 Å². The molecule has 0 aliphatic rings. The van der Waals surface area contributed by atoms with Gasteiger partial charge in [0.25, 0.3) is 0 Å². The smallest absolute Gasteiger partial charge is 0.462 e. The Morgan fingerprint density at radius 3 is 0.676 bits per heavy atom. The zero-order valence-corrected chi connectivity index (χ0v) is 70.7. The van der Waals surface area contributed by atoms with E-state index in [0.29, 0.717) is 25.7 Å². The van der Waals surface area contributed by atoms with E-state index in [4.69, 9.17) is 37.0 Å². The number of carbonyl (C=O) groups is 4. The molecule has 105 heavy (non-hydrogen) atoms. The zero-order valence-electron chi connectivity index (χ0n) is 68.9. The van der Waals surface area contributed by atoms with Crippen molar-refractivity contribution in [2.75, 3.05) is 39.6 Å². The van der Waals surface area contributed by atoms with Crippen molar-refractivity contribution in [3.63, 3.8) is 0 Å². The molecule has 3 N–H and O–H groups in total. The van der Waals surface area contributed by atoms with Crippen molar-refractivity contribution in [3.8, 4) is 0 Å². The number of phosphoric ester groups is 2. The molecule has 17 nitrogen and oxygen atoms in total. The van der Waals surface area contributed by atoms with Crippen molar-refractivity contribution in [1.29, 1.82) is 0 Å². The van der Waals surface area contributed by atoms with Crippen LogP contribution in [0.3, 0.4) is 0 Å². The number of hydrogen-bond acceptors (Lipinski definition) is 15. The van der Waals surface area contributed by atoms with Crippen molar-refractivity contribution < 1.29 is 80.2 Å². The number of aliphatic hydroxyl groups is 1. The molecule has 0 spiro atoms. The maximum Gasteiger partial charge on any atom is 0.472 e. The fourth-order valence-electron chi connectivity index (χ4n) is 13.4. The van der Waals surface area contributed by atoms with E-state index in [1.165, 1.54) is 289 Å². The highest BCUT2D eigenvalue weighted by atomic mass is 31.2. The molecule has 6 atom stereocenters. The van der Waals surface area contributed by atoms with Gasteiger partial charge in [0.05, 0.1) is 26.4 Å². The van der Waals surface area contributed by atoms with Gasteiger partial charge in [-0.05, 0) is 31.6 Å². The largest absolute Gasteiger partial charge is 0.472 e. The van der Waals surface area contributed by atoms with Crippen molar-refractivity contribution in [2.45, 2.75) is 483 Å². The highest BCUT2D eigenvalue weighted by Crippen LogP contribution is 2.45. The lowest BCUT2D eigenvalue weighted by Crippen LogP contribution is -2.30. The molecule has 19 heteroatoms. The normalized spacial score (nSPS) is 14.0. The molecule has 3 unspecified atom stereocenters. The first-order valence-corrected chi connectivity index (χ1v) is 47.7. The Balaban J connectivity index is 5.18. The van der Waals surface area contributed by atoms with Gasteiger partial charge in [-0.25, -0.2) is 9.13 Å². The number of esters is 4. The van der Waals surface area contributed by atoms with Crippen LogP contribution in [0.4, 0.5) is 0 Å². The molecular weight excluding hydrogens is 1370 g/mol. The first-order valence-electron chi connectivity index (χ1n) is 44.7. The lowest BCUT2D eigenvalue weighted by atomic mass is 9.99. The maximum absolute atomic E-state index is 13.1. The monoisotopic (exact) mass is 1540 g/mol. The SMILES string of the molecule is CCCCCCCCCCCCCCCCCCCCC(=O)OC[C@H](COP(=O)(O)OC[C@@H](O)COP(=O)(O)OC[C@@H](COC(=O)CCCCCCCCCC)OC(=O)CCCCCCCCCCCCCCCCCCC)OC(=O)CCCCCCCCCCCCCCCCCCCCC(C)CC. The van der Waals surface area contributed by atoms with Crippen LogP contribution in [0.5, 0.6) is 0 Å². The van der Waals surface area contributed by atoms with Gasteiger partial charge in [-0.3, -0.25) is 37.3 Å². The number of carbonyl (C=O) groups excluding carboxylic acids is 4. The van der Waals surface area contributed by atoms with Crippen molar-refractivity contribution >= 4 is 39.5 Å². The van der Waals surface area contributed by atoms with Crippen LogP contribution in [0.1, 0.15) is 465 Å². The first kappa shape index (κ1) is 103. The molecule has 0 bridgehead atoms. The van der Waals surface area contributed by atoms with Gasteiger partial charge in [0, 0.05) is 25.7 Å². The molecule has 0 aromatic heterocycles. The molecule has 0 rings (SSSR count). The third-order valence-electron chi connectivity index (χ3n) is 20.6. The van der Waals surface area contributed by atoms with Crippen LogP contribution in [0.25, 0.3) is 0 Å². The lowest BCUT2D eigenvalue weighted by Gasteiger charge is -2.21. The molecule has 0 radical (unpaired) electrons. The van der Waals surface area contributed by atoms with E-state index >= 15 is 0 Å². The summed E-state index contributed by atoms with van der Waals surface area (Å²) >= 11 is 0. The molecule has 0 aliphatic carbocycles. The van der Waals surface area contributed by atoms with Gasteiger partial charge < -0.3 is 33.8 Å². The summed E-state index contributed by atoms with van der Waals surface area (Å²) in [6.07, 6.45) is 72.3. The minimum Gasteiger partial charge on any atom is -0.462 e. The summed E-state index contributed by atoms with van der Waals surface area (Å²) in [5, 5.41) is 10.7. The Hall–Kier alpha value is -1.94. The van der Waals surface area contributed by atoms with Crippen LogP contribution < -0.4 is 0 Å². The number of phosphoric acid groups is 2. The minimum atomic E-state index is -4.96. The Kier molecular flexibility index (Phi) is 77.3. The van der Waals surface area contributed by atoms with Gasteiger partial charge in [-0.2, -0.15) is 0 Å². The summed E-state index contributed by atoms with van der Waals surface area (Å²) in [5.74, 6) is -1.23. The Bertz CT molecular complexity index is 2000. The van der Waals surface area contributed by atoms with Crippen LogP contribution in [-0.2, 0) is 65.4 Å². The van der Waals surface area contributed by atoms with Crippen LogP contribution in [-0.4, -0.2) is 96.7 Å². The van der Waals surface area contributed by atoms with E-state index in [0.717, 1.165) is 95.8 Å². The summed E-state index contributed by atoms with van der Waals surface area (Å²) in [5.41, 5.74) is 0. The van der Waals surface area contributed by atoms with E-state index in [-0.39, 0.29) is 25.7 Å². The van der Waals surface area contributed by atoms with Gasteiger partial charge in [0.15, 0.2) is 12.2 Å². The van der Waals surface area contributed by atoms with Gasteiger partial charge in [-0.1, -0.05) is 413 Å². The molecule has 0 aromatic rings. The Morgan fingerprint density at radius 2 is 0.457 bits per heavy atom. The average molecular weight is 1540 g/mol. The number of unbranched alkanes of at least 4 members (excludes halogenated alkanes) is 57. The van der Waals surface area contributed by atoms with Gasteiger partial charge in [0.1, 0.15) is 19.3 Å². The van der Waals surface area contributed by atoms with E-state index < -0.39 is 97.5 Å². The third-order valence-corrected chi connectivity index (χ3v) is 22.5. The van der Waals surface area contributed by atoms with E-state index in [2.05, 4.69) is 34.6 Å². The molecule has 0 saturated carbocycles. The zero-order chi connectivity index (χ0) is 76.9. The quantitative estimate of drug-likeness (QED) is 0.0222. The average Bonchev–Trinajstić information content (AvgIpc) is 0.910. The molecular formula is C86H168O17P2. The number of rotatable bonds is 86. The Labute approximate surface area is 645 Å². The van der Waals surface area contributed by atoms with Crippen molar-refractivity contribution in [1.82, 2.24) is 0 Å². The predicted octanol–water partition coefficient (Wildman–Crippen LogP) is 26.4. The molecule has 0 aromatic carbocycles. The summed E-state index contributed by atoms with van der Waals surface area (Å²) < 4.78 is 68.8. The van der Waals surface area contributed by atoms with Crippen molar-refractivity contribution in [2.24, 2.45) is 5.92 Å². The maximum atomic E-state index is 13.1. The summed E-state index contributed by atoms with van der Waals surface area (Å²) in [6.45, 7) is 7.41. The standard InChI is InChI=1S/C86H168O17P2/c1-6-10-13-16-19-22-24-26-28-30-35-38-42-46-50-55-60-65-70-84(89)97-76-82(103-86(91)72-67-62-57-52-48-44-40-36-32-31-34-37-41-45-49-53-58-63-68-79(5)9-4)78-101-105(94,95)99-74-80(87)73-98-104(92,93)100-77-81(75-96-83(88)69-64-59-54-21-18-15-12-8-3)102-85(90)71-66-61-56-51-47-43-39-33-29-27-25-23-20-17-14-11-7-2/h79-82,87H,6-78H2,1-5H3,(H,92,93)(H,94,95)/t79?,80-,81+,82+/m0/s1. The van der Waals surface area contributed by atoms with Crippen LogP contribution in [0.15, 0.2) is 0 Å². The highest BCUT2D eigenvalue weighted by molar-refractivity contribution is 7.47. The first-order chi connectivity index (χ1) is 51.1. The van der Waals surface area contributed by atoms with Gasteiger partial charge in [0.2, 0.25) is 0 Å². The summed E-state index contributed by atoms with van der Waals surface area (Å²) in [7, 11) is -9.92. The number of ether oxygens (including phenoxy) is 4. The molecule has 0 fully saturated rings. The topological polar surface area (TPSA) is 237 Å². The number of hydrogen-bond donors (Lipinski definition) is 3. The molecule has 0 aliphatic heterocycles. The van der Waals surface area contributed by atoms with Crippen molar-refractivity contribution in [3.05, 3.63) is 0 Å². The Morgan fingerprint density at radius 1 is 0.267 bits per heavy atom. The molecule has 0 amide bonds. The fourth-order valence-corrected chi connectivity index (χ4v) is 15.0. The number of aliphatic hydroxyl groups excluding tert-OH is 1. The van der Waals surface area contributed by atoms with Crippen LogP contribution >= 0.6 is 15.6 Å². The molecule has 0 saturated heterocycles. The highest BCUT2D eigenvalue weighted by Gasteiger charge is 2.30.